The van der Waals surface area contributed by atoms with E-state index < -0.39 is 0 Å². The molecule has 0 aliphatic rings. The third-order valence-electron chi connectivity index (χ3n) is 2.31. The molecule has 0 radical (unpaired) electrons. The number of rotatable bonds is 3. The zero-order chi connectivity index (χ0) is 11.2. The topological polar surface area (TPSA) is 12.9 Å². The summed E-state index contributed by atoms with van der Waals surface area (Å²) in [5.41, 5.74) is 3.69. The van der Waals surface area contributed by atoms with Crippen molar-refractivity contribution in [1.82, 2.24) is 4.98 Å². The second-order valence-electron chi connectivity index (χ2n) is 3.37. The first-order valence-electron chi connectivity index (χ1n) is 5.10. The van der Waals surface area contributed by atoms with Crippen LogP contribution in [-0.4, -0.2) is 11.2 Å². The maximum Gasteiger partial charge on any atom is 0.0273 e. The van der Waals surface area contributed by atoms with E-state index in [0.29, 0.717) is 0 Å². The summed E-state index contributed by atoms with van der Waals surface area (Å²) in [5, 5.41) is 2.17. The number of nitrogens with zero attached hydrogens (tertiary/aromatic N) is 1. The van der Waals surface area contributed by atoms with E-state index in [9.17, 15) is 0 Å². The average Bonchev–Trinajstić information content (AvgIpc) is 2.38. The Bertz CT molecular complexity index is 421. The molecule has 2 aromatic rings. The fourth-order valence-electron chi connectivity index (χ4n) is 1.57. The highest BCUT2D eigenvalue weighted by atomic mass is 32.2. The van der Waals surface area contributed by atoms with Crippen LogP contribution in [0.3, 0.4) is 0 Å². The van der Waals surface area contributed by atoms with Crippen LogP contribution in [0.5, 0.6) is 0 Å². The normalized spacial score (nSPS) is 11.4. The number of benzene rings is 1. The Morgan fingerprint density at radius 2 is 1.62 bits per heavy atom. The van der Waals surface area contributed by atoms with E-state index in [2.05, 4.69) is 40.9 Å². The molecule has 1 nitrogen and oxygen atoms in total. The van der Waals surface area contributed by atoms with E-state index in [1.807, 2.05) is 30.6 Å². The van der Waals surface area contributed by atoms with E-state index in [-0.39, 0.29) is 0 Å². The largest absolute Gasteiger partial charge is 0.265 e. The number of aromatic nitrogens is 1. The van der Waals surface area contributed by atoms with Crippen molar-refractivity contribution in [2.45, 2.75) is 0 Å². The molecular weight excluding hydrogens is 214 g/mol. The van der Waals surface area contributed by atoms with Gasteiger partial charge in [-0.3, -0.25) is 4.98 Å². The van der Waals surface area contributed by atoms with E-state index >= 15 is 0 Å². The first-order chi connectivity index (χ1) is 7.92. The van der Waals surface area contributed by atoms with Gasteiger partial charge in [0.1, 0.15) is 0 Å². The van der Waals surface area contributed by atoms with Crippen molar-refractivity contribution in [3.05, 3.63) is 71.4 Å². The number of pyridine rings is 1. The molecule has 0 fully saturated rings. The second kappa shape index (κ2) is 5.52. The molecule has 1 aromatic heterocycles. The summed E-state index contributed by atoms with van der Waals surface area (Å²) in [6, 6.07) is 14.5. The highest BCUT2D eigenvalue weighted by molar-refractivity contribution is 8.01. The molecule has 0 saturated carbocycles. The quantitative estimate of drug-likeness (QED) is 0.790. The minimum absolute atomic E-state index is 1.20. The van der Waals surface area contributed by atoms with Crippen molar-refractivity contribution in [2.75, 3.05) is 6.26 Å². The van der Waals surface area contributed by atoms with Gasteiger partial charge in [0.15, 0.2) is 0 Å². The van der Waals surface area contributed by atoms with Crippen molar-refractivity contribution in [3.8, 4) is 0 Å². The molecular formula is C14H13NS. The number of hydrogen-bond acceptors (Lipinski definition) is 2. The van der Waals surface area contributed by atoms with Gasteiger partial charge in [-0.05, 0) is 40.5 Å². The molecule has 2 heteroatoms. The van der Waals surface area contributed by atoms with Crippen molar-refractivity contribution >= 4 is 17.3 Å². The van der Waals surface area contributed by atoms with Crippen molar-refractivity contribution < 1.29 is 0 Å². The molecule has 0 unspecified atom stereocenters. The predicted molar refractivity (Wildman–Crippen MR) is 71.3 cm³/mol. The smallest absolute Gasteiger partial charge is 0.0273 e. The number of hydrogen-bond donors (Lipinski definition) is 0. The van der Waals surface area contributed by atoms with E-state index in [1.165, 1.54) is 16.7 Å². The maximum absolute atomic E-state index is 4.05. The standard InChI is InChI=1S/C14H13NS/c1-16-11-14(12-5-3-2-4-6-12)13-7-9-15-10-8-13/h2-11H,1H3/b14-11-. The van der Waals surface area contributed by atoms with Crippen LogP contribution in [-0.2, 0) is 0 Å². The Kier molecular flexibility index (Phi) is 3.78. The van der Waals surface area contributed by atoms with E-state index in [4.69, 9.17) is 0 Å². The molecule has 1 aromatic carbocycles. The van der Waals surface area contributed by atoms with Crippen molar-refractivity contribution in [1.29, 1.82) is 0 Å². The van der Waals surface area contributed by atoms with Gasteiger partial charge in [0.2, 0.25) is 0 Å². The summed E-state index contributed by atoms with van der Waals surface area (Å²) >= 11 is 1.72. The van der Waals surface area contributed by atoms with E-state index in [0.717, 1.165) is 0 Å². The van der Waals surface area contributed by atoms with E-state index in [1.54, 1.807) is 11.8 Å². The van der Waals surface area contributed by atoms with Crippen LogP contribution in [0.25, 0.3) is 5.57 Å². The zero-order valence-electron chi connectivity index (χ0n) is 9.13. The molecule has 0 atom stereocenters. The summed E-state index contributed by atoms with van der Waals surface area (Å²) < 4.78 is 0. The summed E-state index contributed by atoms with van der Waals surface area (Å²) in [4.78, 5) is 4.05. The molecule has 0 bridgehead atoms. The molecule has 0 aliphatic carbocycles. The van der Waals surface area contributed by atoms with Crippen LogP contribution < -0.4 is 0 Å². The third kappa shape index (κ3) is 2.52. The lowest BCUT2D eigenvalue weighted by Crippen LogP contribution is -1.87. The Hall–Kier alpha value is -1.54. The highest BCUT2D eigenvalue weighted by Crippen LogP contribution is 2.24. The zero-order valence-corrected chi connectivity index (χ0v) is 9.95. The summed E-state index contributed by atoms with van der Waals surface area (Å²) in [6.45, 7) is 0. The van der Waals surface area contributed by atoms with Gasteiger partial charge < -0.3 is 0 Å². The summed E-state index contributed by atoms with van der Waals surface area (Å²) in [6.07, 6.45) is 5.73. The van der Waals surface area contributed by atoms with Crippen molar-refractivity contribution in [2.24, 2.45) is 0 Å². The Labute approximate surface area is 100 Å². The first kappa shape index (κ1) is 11.0. The molecule has 16 heavy (non-hydrogen) atoms. The van der Waals surface area contributed by atoms with Gasteiger partial charge in [-0.25, -0.2) is 0 Å². The van der Waals surface area contributed by atoms with Crippen molar-refractivity contribution in [3.63, 3.8) is 0 Å². The molecule has 0 saturated heterocycles. The minimum Gasteiger partial charge on any atom is -0.265 e. The first-order valence-corrected chi connectivity index (χ1v) is 6.39. The van der Waals surface area contributed by atoms with Gasteiger partial charge in [0.25, 0.3) is 0 Å². The van der Waals surface area contributed by atoms with Gasteiger partial charge >= 0.3 is 0 Å². The second-order valence-corrected chi connectivity index (χ2v) is 4.08. The lowest BCUT2D eigenvalue weighted by Gasteiger charge is -2.07. The van der Waals surface area contributed by atoms with Crippen LogP contribution >= 0.6 is 11.8 Å². The van der Waals surface area contributed by atoms with Crippen LogP contribution in [0.1, 0.15) is 11.1 Å². The van der Waals surface area contributed by atoms with Gasteiger partial charge in [-0.2, -0.15) is 0 Å². The lowest BCUT2D eigenvalue weighted by atomic mass is 10.0. The average molecular weight is 227 g/mol. The van der Waals surface area contributed by atoms with Gasteiger partial charge in [-0.15, -0.1) is 11.8 Å². The molecule has 0 aliphatic heterocycles. The van der Waals surface area contributed by atoms with Gasteiger partial charge in [0, 0.05) is 12.4 Å². The predicted octanol–water partition coefficient (Wildman–Crippen LogP) is 3.83. The minimum atomic E-state index is 1.20. The molecule has 0 amide bonds. The fourth-order valence-corrected chi connectivity index (χ4v) is 2.08. The Balaban J connectivity index is 2.44. The van der Waals surface area contributed by atoms with Gasteiger partial charge in [0.05, 0.1) is 0 Å². The van der Waals surface area contributed by atoms with Crippen LogP contribution in [0.2, 0.25) is 0 Å². The van der Waals surface area contributed by atoms with Crippen LogP contribution in [0.4, 0.5) is 0 Å². The summed E-state index contributed by atoms with van der Waals surface area (Å²) in [7, 11) is 0. The fraction of sp³-hybridized carbons (Fsp3) is 0.0714. The lowest BCUT2D eigenvalue weighted by molar-refractivity contribution is 1.32. The number of thioether (sulfide) groups is 1. The van der Waals surface area contributed by atoms with Gasteiger partial charge in [-0.1, -0.05) is 30.3 Å². The molecule has 0 N–H and O–H groups in total. The van der Waals surface area contributed by atoms with Crippen LogP contribution in [0, 0.1) is 0 Å². The Morgan fingerprint density at radius 3 is 2.25 bits per heavy atom. The third-order valence-corrected chi connectivity index (χ3v) is 2.78. The monoisotopic (exact) mass is 227 g/mol. The van der Waals surface area contributed by atoms with Crippen LogP contribution in [0.15, 0.2) is 60.3 Å². The maximum atomic E-state index is 4.05. The SMILES string of the molecule is CS/C=C(/c1ccccc1)c1ccncc1. The molecule has 1 heterocycles. The molecule has 80 valence electrons. The molecule has 0 spiro atoms. The summed E-state index contributed by atoms with van der Waals surface area (Å²) in [5.74, 6) is 0. The Morgan fingerprint density at radius 1 is 1.00 bits per heavy atom. The molecule has 2 rings (SSSR count). The highest BCUT2D eigenvalue weighted by Gasteiger charge is 2.03.